The molecular formula is C24H28N8O10. The zero-order valence-corrected chi connectivity index (χ0v) is 22.0. The Morgan fingerprint density at radius 3 is 2.69 bits per heavy atom. The molecule has 18 heteroatoms. The topological polar surface area (TPSA) is 250 Å². The van der Waals surface area contributed by atoms with Crippen molar-refractivity contribution >= 4 is 29.0 Å². The van der Waals surface area contributed by atoms with E-state index in [0.29, 0.717) is 0 Å². The van der Waals surface area contributed by atoms with Crippen molar-refractivity contribution in [1.29, 1.82) is 0 Å². The highest BCUT2D eigenvalue weighted by atomic mass is 16.8. The lowest BCUT2D eigenvalue weighted by atomic mass is 10.1. The summed E-state index contributed by atoms with van der Waals surface area (Å²) in [7, 11) is 0. The molecule has 3 aromatic rings. The first-order valence-corrected chi connectivity index (χ1v) is 12.7. The van der Waals surface area contributed by atoms with Gasteiger partial charge in [0.2, 0.25) is 5.95 Å². The molecule has 42 heavy (non-hydrogen) atoms. The number of aromatic nitrogens is 5. The predicted octanol–water partition coefficient (Wildman–Crippen LogP) is -2.47. The fourth-order valence-corrected chi connectivity index (χ4v) is 4.74. The number of nitrogens with zero attached hydrogens (tertiary/aromatic N) is 4. The standard InChI is InChI=1S/C24H28N8O10/c1-2-5-31-15-18(28-23(25)29-20(15)35)32(24(31)37)21-17-16(13(9-33)40-21)41-14(42-17)10-38-6-7-39-22(36)11-3-4-12(27-8-11)19(34)30-26/h2-4,8,13-14,16-17,21,33H,1,5-7,9-10,26H2,(H,30,34)(H3,25,28,29,35)/t13-,14?,16-,17-,21-/m1/s1. The van der Waals surface area contributed by atoms with E-state index in [1.165, 1.54) is 29.0 Å². The third-order valence-electron chi connectivity index (χ3n) is 6.56. The van der Waals surface area contributed by atoms with Crippen LogP contribution < -0.4 is 28.3 Å². The molecule has 224 valence electrons. The monoisotopic (exact) mass is 588 g/mol. The summed E-state index contributed by atoms with van der Waals surface area (Å²) in [5.41, 5.74) is 6.56. The molecule has 5 atom stereocenters. The van der Waals surface area contributed by atoms with Crippen molar-refractivity contribution in [2.45, 2.75) is 37.4 Å². The van der Waals surface area contributed by atoms with Gasteiger partial charge in [-0.05, 0) is 12.1 Å². The molecule has 2 fully saturated rings. The summed E-state index contributed by atoms with van der Waals surface area (Å²) in [5, 5.41) is 9.90. The molecule has 5 heterocycles. The van der Waals surface area contributed by atoms with Gasteiger partial charge in [0.15, 0.2) is 23.7 Å². The molecular weight excluding hydrogens is 560 g/mol. The Morgan fingerprint density at radius 1 is 1.21 bits per heavy atom. The van der Waals surface area contributed by atoms with E-state index < -0.39 is 60.6 Å². The van der Waals surface area contributed by atoms with Crippen LogP contribution in [0.1, 0.15) is 27.1 Å². The number of anilines is 1. The maximum Gasteiger partial charge on any atom is 0.339 e. The lowest BCUT2D eigenvalue weighted by Gasteiger charge is -2.20. The number of pyridine rings is 1. The van der Waals surface area contributed by atoms with E-state index in [4.69, 9.17) is 35.3 Å². The van der Waals surface area contributed by atoms with E-state index in [1.807, 2.05) is 5.43 Å². The summed E-state index contributed by atoms with van der Waals surface area (Å²) in [5.74, 6) is 3.57. The number of fused-ring (bicyclic) bond motifs is 2. The number of hydrazine groups is 1. The largest absolute Gasteiger partial charge is 0.460 e. The fraction of sp³-hybridized carbons (Fsp3) is 0.417. The van der Waals surface area contributed by atoms with Crippen LogP contribution in [0.4, 0.5) is 5.95 Å². The number of carbonyl (C=O) groups excluding carboxylic acids is 2. The van der Waals surface area contributed by atoms with Crippen molar-refractivity contribution in [3.63, 3.8) is 0 Å². The Hall–Kier alpha value is -4.46. The van der Waals surface area contributed by atoms with Crippen LogP contribution in [-0.4, -0.2) is 92.1 Å². The van der Waals surface area contributed by atoms with E-state index >= 15 is 0 Å². The molecule has 7 N–H and O–H groups in total. The van der Waals surface area contributed by atoms with Crippen LogP contribution in [0.25, 0.3) is 11.2 Å². The van der Waals surface area contributed by atoms with Crippen molar-refractivity contribution < 1.29 is 38.4 Å². The SMILES string of the molecule is C=CCn1c(=O)n([C@@H]2O[C@H](CO)[C@H]3OC(COCCOC(=O)c4ccc(C(=O)NN)nc4)O[C@H]32)c2nc(N)[nH]c(=O)c21. The molecule has 2 aliphatic heterocycles. The van der Waals surface area contributed by atoms with Gasteiger partial charge in [-0.15, -0.1) is 6.58 Å². The van der Waals surface area contributed by atoms with Gasteiger partial charge in [0.1, 0.15) is 30.6 Å². The molecule has 0 spiro atoms. The van der Waals surface area contributed by atoms with Crippen LogP contribution in [0.2, 0.25) is 0 Å². The number of nitrogens with one attached hydrogen (secondary N) is 2. The van der Waals surface area contributed by atoms with Gasteiger partial charge < -0.3 is 34.5 Å². The number of aliphatic hydroxyl groups is 1. The number of imidazole rings is 1. The Balaban J connectivity index is 1.21. The van der Waals surface area contributed by atoms with E-state index in [1.54, 1.807) is 0 Å². The van der Waals surface area contributed by atoms with Crippen molar-refractivity contribution in [3.05, 3.63) is 63.1 Å². The average Bonchev–Trinajstić information content (AvgIpc) is 3.62. The molecule has 0 saturated carbocycles. The van der Waals surface area contributed by atoms with Gasteiger partial charge in [-0.2, -0.15) is 4.98 Å². The van der Waals surface area contributed by atoms with Crippen LogP contribution >= 0.6 is 0 Å². The van der Waals surface area contributed by atoms with E-state index in [9.17, 15) is 24.3 Å². The number of allylic oxidation sites excluding steroid dienone is 1. The first kappa shape index (κ1) is 29.0. The molecule has 0 bridgehead atoms. The van der Waals surface area contributed by atoms with Crippen molar-refractivity contribution in [2.24, 2.45) is 5.84 Å². The molecule has 1 unspecified atom stereocenters. The highest BCUT2D eigenvalue weighted by molar-refractivity contribution is 5.93. The number of esters is 1. The van der Waals surface area contributed by atoms with E-state index in [0.717, 1.165) is 4.57 Å². The van der Waals surface area contributed by atoms with Gasteiger partial charge in [-0.25, -0.2) is 20.0 Å². The smallest absolute Gasteiger partial charge is 0.339 e. The van der Waals surface area contributed by atoms with Crippen LogP contribution in [0.3, 0.4) is 0 Å². The Bertz CT molecular complexity index is 1600. The molecule has 3 aromatic heterocycles. The zero-order valence-electron chi connectivity index (χ0n) is 22.0. The summed E-state index contributed by atoms with van der Waals surface area (Å²) < 4.78 is 30.8. The number of nitrogen functional groups attached to an aromatic ring is 2. The minimum atomic E-state index is -1.11. The molecule has 0 aliphatic carbocycles. The van der Waals surface area contributed by atoms with Gasteiger partial charge in [0.25, 0.3) is 11.5 Å². The molecule has 0 radical (unpaired) electrons. The van der Waals surface area contributed by atoms with Crippen LogP contribution in [0.15, 0.2) is 40.6 Å². The second-order valence-corrected chi connectivity index (χ2v) is 9.17. The van der Waals surface area contributed by atoms with E-state index in [2.05, 4.69) is 21.5 Å². The maximum absolute atomic E-state index is 13.4. The number of ether oxygens (including phenoxy) is 5. The highest BCUT2D eigenvalue weighted by Gasteiger charge is 2.54. The molecule has 2 saturated heterocycles. The van der Waals surface area contributed by atoms with E-state index in [-0.39, 0.29) is 54.7 Å². The highest BCUT2D eigenvalue weighted by Crippen LogP contribution is 2.39. The second kappa shape index (κ2) is 12.2. The quantitative estimate of drug-likeness (QED) is 0.0389. The normalized spacial score (nSPS) is 23.1. The number of hydrogen-bond acceptors (Lipinski definition) is 14. The first-order valence-electron chi connectivity index (χ1n) is 12.7. The number of H-pyrrole nitrogens is 1. The third kappa shape index (κ3) is 5.41. The number of rotatable bonds is 11. The van der Waals surface area contributed by atoms with Crippen molar-refractivity contribution in [3.8, 4) is 0 Å². The average molecular weight is 589 g/mol. The van der Waals surface area contributed by atoms with Gasteiger partial charge in [-0.3, -0.25) is 29.5 Å². The number of amides is 1. The first-order chi connectivity index (χ1) is 20.3. The summed E-state index contributed by atoms with van der Waals surface area (Å²) in [6.45, 7) is 3.03. The molecule has 5 rings (SSSR count). The Labute approximate surface area is 235 Å². The number of aliphatic hydroxyl groups excluding tert-OH is 1. The minimum absolute atomic E-state index is 0.00475. The van der Waals surface area contributed by atoms with Gasteiger partial charge in [0, 0.05) is 12.7 Å². The van der Waals surface area contributed by atoms with Gasteiger partial charge in [0.05, 0.1) is 25.4 Å². The fourth-order valence-electron chi connectivity index (χ4n) is 4.74. The third-order valence-corrected chi connectivity index (χ3v) is 6.56. The summed E-state index contributed by atoms with van der Waals surface area (Å²) in [6.07, 6.45) is -1.87. The lowest BCUT2D eigenvalue weighted by Crippen LogP contribution is -2.34. The minimum Gasteiger partial charge on any atom is -0.460 e. The summed E-state index contributed by atoms with van der Waals surface area (Å²) >= 11 is 0. The molecule has 18 nitrogen and oxygen atoms in total. The number of carbonyl (C=O) groups is 2. The Kier molecular flexibility index (Phi) is 8.43. The van der Waals surface area contributed by atoms with Gasteiger partial charge >= 0.3 is 11.7 Å². The number of hydrogen-bond donors (Lipinski definition) is 5. The molecule has 2 aliphatic rings. The lowest BCUT2D eigenvalue weighted by molar-refractivity contribution is -0.171. The Morgan fingerprint density at radius 2 is 2.00 bits per heavy atom. The van der Waals surface area contributed by atoms with Crippen LogP contribution in [-0.2, 0) is 30.2 Å². The van der Waals surface area contributed by atoms with Crippen LogP contribution in [0, 0.1) is 0 Å². The number of nitrogens with two attached hydrogens (primary N) is 2. The van der Waals surface area contributed by atoms with Gasteiger partial charge in [-0.1, -0.05) is 6.08 Å². The van der Waals surface area contributed by atoms with Crippen molar-refractivity contribution in [2.75, 3.05) is 32.2 Å². The summed E-state index contributed by atoms with van der Waals surface area (Å²) in [4.78, 5) is 60.0. The summed E-state index contributed by atoms with van der Waals surface area (Å²) in [6, 6.07) is 2.70. The number of aromatic amines is 1. The van der Waals surface area contributed by atoms with Crippen molar-refractivity contribution in [1.82, 2.24) is 29.5 Å². The van der Waals surface area contributed by atoms with Crippen LogP contribution in [0.5, 0.6) is 0 Å². The zero-order chi connectivity index (χ0) is 30.0. The maximum atomic E-state index is 13.4. The second-order valence-electron chi connectivity index (χ2n) is 9.17. The predicted molar refractivity (Wildman–Crippen MR) is 141 cm³/mol. The molecule has 0 aromatic carbocycles. The molecule has 1 amide bonds.